The second-order valence-corrected chi connectivity index (χ2v) is 5.94. The quantitative estimate of drug-likeness (QED) is 0.822. The van der Waals surface area contributed by atoms with Crippen molar-refractivity contribution in [2.45, 2.75) is 30.5 Å². The molecule has 0 saturated heterocycles. The highest BCUT2D eigenvalue weighted by Crippen LogP contribution is 2.22. The van der Waals surface area contributed by atoms with Gasteiger partial charge < -0.3 is 5.32 Å². The first-order valence-electron chi connectivity index (χ1n) is 5.60. The summed E-state index contributed by atoms with van der Waals surface area (Å²) in [6.45, 7) is 1.09. The van der Waals surface area contributed by atoms with Gasteiger partial charge in [-0.05, 0) is 25.1 Å². The van der Waals surface area contributed by atoms with Gasteiger partial charge in [0.2, 0.25) is 10.0 Å². The minimum atomic E-state index is -4.49. The average molecular weight is 328 g/mol. The number of nitrogens with one attached hydrogen (secondary N) is 1. The van der Waals surface area contributed by atoms with E-state index < -0.39 is 50.8 Å². The summed E-state index contributed by atoms with van der Waals surface area (Å²) in [5.74, 6) is -2.23. The summed E-state index contributed by atoms with van der Waals surface area (Å²) in [6, 6.07) is 0.916. The summed E-state index contributed by atoms with van der Waals surface area (Å²) in [5.41, 5.74) is -0.699. The molecule has 3 N–H and O–H groups in total. The van der Waals surface area contributed by atoms with Crippen LogP contribution in [0.15, 0.2) is 23.1 Å². The van der Waals surface area contributed by atoms with Gasteiger partial charge in [0.25, 0.3) is 5.91 Å². The Morgan fingerprint density at radius 3 is 2.43 bits per heavy atom. The van der Waals surface area contributed by atoms with Gasteiger partial charge in [-0.3, -0.25) is 4.79 Å². The Morgan fingerprint density at radius 2 is 1.95 bits per heavy atom. The standard InChI is InChI=1S/C11H12F4N2O3S/c1-6(5-11(13,14)15)17-10(18)8-4-7(21(16,19)20)2-3-9(8)12/h2-4,6H,5H2,1H3,(H,17,18)(H2,16,19,20). The Morgan fingerprint density at radius 1 is 1.38 bits per heavy atom. The summed E-state index contributed by atoms with van der Waals surface area (Å²) < 4.78 is 72.1. The molecule has 0 spiro atoms. The molecule has 0 bridgehead atoms. The molecule has 1 unspecified atom stereocenters. The number of carbonyl (C=O) groups excluding carboxylic acids is 1. The molecule has 0 radical (unpaired) electrons. The van der Waals surface area contributed by atoms with Crippen LogP contribution in [-0.4, -0.2) is 26.5 Å². The molecule has 21 heavy (non-hydrogen) atoms. The maximum absolute atomic E-state index is 13.5. The molecular weight excluding hydrogens is 316 g/mol. The molecule has 1 atom stereocenters. The summed E-state index contributed by atoms with van der Waals surface area (Å²) >= 11 is 0. The third-order valence-electron chi connectivity index (χ3n) is 2.43. The van der Waals surface area contributed by atoms with Gasteiger partial charge in [0, 0.05) is 6.04 Å². The lowest BCUT2D eigenvalue weighted by atomic mass is 10.1. The summed E-state index contributed by atoms with van der Waals surface area (Å²) in [4.78, 5) is 11.2. The monoisotopic (exact) mass is 328 g/mol. The van der Waals surface area contributed by atoms with Crippen LogP contribution in [0.5, 0.6) is 0 Å². The van der Waals surface area contributed by atoms with Crippen LogP contribution >= 0.6 is 0 Å². The van der Waals surface area contributed by atoms with Gasteiger partial charge in [-0.25, -0.2) is 17.9 Å². The zero-order valence-corrected chi connectivity index (χ0v) is 11.6. The molecule has 1 rings (SSSR count). The van der Waals surface area contributed by atoms with Gasteiger partial charge >= 0.3 is 6.18 Å². The predicted octanol–water partition coefficient (Wildman–Crippen LogP) is 1.54. The summed E-state index contributed by atoms with van der Waals surface area (Å²) in [5, 5.41) is 6.77. The second-order valence-electron chi connectivity index (χ2n) is 4.38. The fourth-order valence-electron chi connectivity index (χ4n) is 1.56. The molecule has 0 aliphatic carbocycles. The summed E-state index contributed by atoms with van der Waals surface area (Å²) in [7, 11) is -4.16. The number of amides is 1. The smallest absolute Gasteiger partial charge is 0.349 e. The molecule has 0 fully saturated rings. The van der Waals surface area contributed by atoms with Crippen molar-refractivity contribution in [3.63, 3.8) is 0 Å². The Bertz CT molecular complexity index is 643. The molecule has 5 nitrogen and oxygen atoms in total. The lowest BCUT2D eigenvalue weighted by Crippen LogP contribution is -2.36. The van der Waals surface area contributed by atoms with Crippen LogP contribution in [0.25, 0.3) is 0 Å². The van der Waals surface area contributed by atoms with E-state index >= 15 is 0 Å². The van der Waals surface area contributed by atoms with E-state index in [0.29, 0.717) is 12.1 Å². The lowest BCUT2D eigenvalue weighted by molar-refractivity contribution is -0.138. The number of nitrogens with two attached hydrogens (primary N) is 1. The van der Waals surface area contributed by atoms with Crippen molar-refractivity contribution in [3.05, 3.63) is 29.6 Å². The van der Waals surface area contributed by atoms with Crippen molar-refractivity contribution in [1.82, 2.24) is 5.32 Å². The number of halogens is 4. The molecule has 0 aliphatic rings. The molecule has 1 amide bonds. The number of sulfonamides is 1. The molecule has 0 aliphatic heterocycles. The topological polar surface area (TPSA) is 89.3 Å². The fourth-order valence-corrected chi connectivity index (χ4v) is 2.09. The first-order chi connectivity index (χ1) is 9.40. The van der Waals surface area contributed by atoms with Gasteiger partial charge in [-0.1, -0.05) is 0 Å². The molecule has 1 aromatic carbocycles. The van der Waals surface area contributed by atoms with Crippen molar-refractivity contribution in [3.8, 4) is 0 Å². The van der Waals surface area contributed by atoms with Crippen molar-refractivity contribution in [2.75, 3.05) is 0 Å². The van der Waals surface area contributed by atoms with E-state index in [9.17, 15) is 30.8 Å². The third kappa shape index (κ3) is 5.31. The lowest BCUT2D eigenvalue weighted by Gasteiger charge is -2.16. The van der Waals surface area contributed by atoms with Crippen molar-refractivity contribution >= 4 is 15.9 Å². The number of alkyl halides is 3. The van der Waals surface area contributed by atoms with E-state index in [1.165, 1.54) is 0 Å². The highest BCUT2D eigenvalue weighted by Gasteiger charge is 2.31. The number of hydrogen-bond donors (Lipinski definition) is 2. The number of benzene rings is 1. The fraction of sp³-hybridized carbons (Fsp3) is 0.364. The first-order valence-corrected chi connectivity index (χ1v) is 7.15. The molecule has 10 heteroatoms. The van der Waals surface area contributed by atoms with Crippen LogP contribution in [0.1, 0.15) is 23.7 Å². The zero-order chi connectivity index (χ0) is 16.4. The Labute approximate surface area is 118 Å². The van der Waals surface area contributed by atoms with Crippen LogP contribution in [-0.2, 0) is 10.0 Å². The Hall–Kier alpha value is -1.68. The average Bonchev–Trinajstić information content (AvgIpc) is 2.24. The minimum Gasteiger partial charge on any atom is -0.349 e. The number of primary sulfonamides is 1. The highest BCUT2D eigenvalue weighted by atomic mass is 32.2. The largest absolute Gasteiger partial charge is 0.391 e. The zero-order valence-electron chi connectivity index (χ0n) is 10.7. The van der Waals surface area contributed by atoms with Gasteiger partial charge in [-0.2, -0.15) is 13.2 Å². The van der Waals surface area contributed by atoms with Crippen molar-refractivity contribution in [1.29, 1.82) is 0 Å². The van der Waals surface area contributed by atoms with Crippen molar-refractivity contribution < 1.29 is 30.8 Å². The van der Waals surface area contributed by atoms with Crippen LogP contribution in [0.4, 0.5) is 17.6 Å². The Balaban J connectivity index is 2.98. The summed E-state index contributed by atoms with van der Waals surface area (Å²) in [6.07, 6.45) is -5.79. The van der Waals surface area contributed by atoms with E-state index in [0.717, 1.165) is 13.0 Å². The maximum Gasteiger partial charge on any atom is 0.391 e. The first kappa shape index (κ1) is 17.4. The van der Waals surface area contributed by atoms with E-state index in [-0.39, 0.29) is 0 Å². The minimum absolute atomic E-state index is 0.516. The van der Waals surface area contributed by atoms with Crippen LogP contribution in [0.2, 0.25) is 0 Å². The van der Waals surface area contributed by atoms with E-state index in [2.05, 4.69) is 0 Å². The molecule has 0 saturated carbocycles. The van der Waals surface area contributed by atoms with E-state index in [1.807, 2.05) is 5.32 Å². The van der Waals surface area contributed by atoms with Crippen molar-refractivity contribution in [2.24, 2.45) is 5.14 Å². The van der Waals surface area contributed by atoms with Gasteiger partial charge in [0.1, 0.15) is 5.82 Å². The predicted molar refractivity (Wildman–Crippen MR) is 65.4 cm³/mol. The number of carbonyl (C=O) groups is 1. The van der Waals surface area contributed by atoms with Gasteiger partial charge in [0.15, 0.2) is 0 Å². The number of rotatable bonds is 4. The van der Waals surface area contributed by atoms with E-state index in [4.69, 9.17) is 5.14 Å². The molecule has 1 aromatic rings. The van der Waals surface area contributed by atoms with Crippen LogP contribution in [0.3, 0.4) is 0 Å². The Kier molecular flexibility index (Phi) is 4.95. The second kappa shape index (κ2) is 5.98. The molecule has 0 heterocycles. The van der Waals surface area contributed by atoms with Gasteiger partial charge in [-0.15, -0.1) is 0 Å². The molecular formula is C11H12F4N2O3S. The highest BCUT2D eigenvalue weighted by molar-refractivity contribution is 7.89. The molecule has 0 aromatic heterocycles. The maximum atomic E-state index is 13.5. The number of hydrogen-bond acceptors (Lipinski definition) is 3. The normalized spacial score (nSPS) is 13.8. The SMILES string of the molecule is CC(CC(F)(F)F)NC(=O)c1cc(S(N)(=O)=O)ccc1F. The van der Waals surface area contributed by atoms with Gasteiger partial charge in [0.05, 0.1) is 16.9 Å². The van der Waals surface area contributed by atoms with Crippen LogP contribution in [0, 0.1) is 5.82 Å². The molecule has 118 valence electrons. The third-order valence-corrected chi connectivity index (χ3v) is 3.34. The van der Waals surface area contributed by atoms with E-state index in [1.54, 1.807) is 0 Å². The van der Waals surface area contributed by atoms with Crippen LogP contribution < -0.4 is 10.5 Å².